The average molecular weight is 540 g/mol. The molecule has 0 bridgehead atoms. The lowest BCUT2D eigenvalue weighted by atomic mass is 9.95. The first-order chi connectivity index (χ1) is 19.4. The van der Waals surface area contributed by atoms with Crippen molar-refractivity contribution < 1.29 is 19.8 Å². The second-order valence-corrected chi connectivity index (χ2v) is 10.4. The molecule has 0 radical (unpaired) electrons. The molecule has 1 atom stereocenters. The van der Waals surface area contributed by atoms with Gasteiger partial charge in [0.15, 0.2) is 0 Å². The largest absolute Gasteiger partial charge is 0.508 e. The number of aromatic nitrogens is 4. The summed E-state index contributed by atoms with van der Waals surface area (Å²) in [6.45, 7) is 0. The van der Waals surface area contributed by atoms with Gasteiger partial charge in [-0.25, -0.2) is 9.78 Å². The fourth-order valence-corrected chi connectivity index (χ4v) is 5.70. The van der Waals surface area contributed by atoms with Gasteiger partial charge in [-0.2, -0.15) is 0 Å². The average Bonchev–Trinajstić information content (AvgIpc) is 3.54. The minimum atomic E-state index is -1.18. The zero-order valence-corrected chi connectivity index (χ0v) is 21.7. The minimum Gasteiger partial charge on any atom is -0.508 e. The third-order valence-corrected chi connectivity index (χ3v) is 7.71. The zero-order valence-electron chi connectivity index (χ0n) is 21.7. The number of nitrogens with zero attached hydrogens (tertiary/aromatic N) is 2. The van der Waals surface area contributed by atoms with Crippen molar-refractivity contribution in [1.29, 1.82) is 0 Å². The number of pyridine rings is 1. The van der Waals surface area contributed by atoms with Gasteiger partial charge < -0.3 is 30.1 Å². The monoisotopic (exact) mass is 539 g/mol. The van der Waals surface area contributed by atoms with E-state index in [9.17, 15) is 24.6 Å². The van der Waals surface area contributed by atoms with E-state index >= 15 is 0 Å². The highest BCUT2D eigenvalue weighted by molar-refractivity contribution is 6.00. The summed E-state index contributed by atoms with van der Waals surface area (Å²) in [4.78, 5) is 47.7. The van der Waals surface area contributed by atoms with Crippen LogP contribution in [0.1, 0.15) is 54.1 Å². The van der Waals surface area contributed by atoms with E-state index in [1.807, 2.05) is 6.07 Å². The predicted molar refractivity (Wildman–Crippen MR) is 150 cm³/mol. The third kappa shape index (κ3) is 4.84. The van der Waals surface area contributed by atoms with Gasteiger partial charge in [-0.15, -0.1) is 0 Å². The number of H-pyrrole nitrogens is 2. The molecular formula is C30H29N5O5. The first-order valence-electron chi connectivity index (χ1n) is 13.4. The quantitative estimate of drug-likeness (QED) is 0.205. The molecule has 1 saturated carbocycles. The van der Waals surface area contributed by atoms with Gasteiger partial charge in [-0.1, -0.05) is 19.3 Å². The second-order valence-electron chi connectivity index (χ2n) is 10.4. The Morgan fingerprint density at radius 1 is 1.02 bits per heavy atom. The van der Waals surface area contributed by atoms with Crippen LogP contribution in [0.4, 0.5) is 0 Å². The van der Waals surface area contributed by atoms with Crippen LogP contribution >= 0.6 is 0 Å². The molecule has 0 spiro atoms. The number of carboxylic acid groups (broad SMARTS) is 1. The molecule has 5 aromatic rings. The van der Waals surface area contributed by atoms with Crippen molar-refractivity contribution in [2.24, 2.45) is 0 Å². The SMILES string of the molecule is O=C(N[C@@H](Cc1c[nH]c2ccc(O)cc12)C(=O)O)c1ccc2c(c1)nc(-c1ccc(=O)[nH]c1)n2C1CCCCC1. The molecule has 1 aliphatic carbocycles. The number of aromatic amines is 2. The predicted octanol–water partition coefficient (Wildman–Crippen LogP) is 4.51. The van der Waals surface area contributed by atoms with Gasteiger partial charge >= 0.3 is 5.97 Å². The molecule has 6 rings (SSSR count). The van der Waals surface area contributed by atoms with Crippen molar-refractivity contribution in [3.63, 3.8) is 0 Å². The number of phenols is 1. The van der Waals surface area contributed by atoms with Crippen LogP contribution in [0.2, 0.25) is 0 Å². The Kier molecular flexibility index (Phi) is 6.59. The van der Waals surface area contributed by atoms with Crippen LogP contribution in [0, 0.1) is 0 Å². The number of aromatic hydroxyl groups is 1. The number of hydrogen-bond acceptors (Lipinski definition) is 5. The lowest BCUT2D eigenvalue weighted by Gasteiger charge is -2.25. The molecule has 204 valence electrons. The fourth-order valence-electron chi connectivity index (χ4n) is 5.70. The maximum atomic E-state index is 13.3. The number of phenolic OH excluding ortho intramolecular Hbond substituents is 1. The van der Waals surface area contributed by atoms with Crippen molar-refractivity contribution in [3.8, 4) is 17.1 Å². The van der Waals surface area contributed by atoms with E-state index in [1.165, 1.54) is 12.5 Å². The molecule has 3 heterocycles. The summed E-state index contributed by atoms with van der Waals surface area (Å²) in [5.41, 5.74) is 3.84. The second kappa shape index (κ2) is 10.4. The molecule has 1 amide bonds. The highest BCUT2D eigenvalue weighted by Crippen LogP contribution is 2.36. The number of carboxylic acids is 1. The Labute approximate surface area is 228 Å². The number of fused-ring (bicyclic) bond motifs is 2. The number of carbonyl (C=O) groups excluding carboxylic acids is 1. The van der Waals surface area contributed by atoms with Crippen LogP contribution in [-0.2, 0) is 11.2 Å². The standard InChI is InChI=1S/C30H29N5O5/c36-21-8-9-23-22(14-21)19(16-31-23)13-25(30(39)40)34-29(38)17-6-10-26-24(12-17)33-28(18-7-11-27(37)32-15-18)35(26)20-4-2-1-3-5-20/h6-12,14-16,20,25,31,36H,1-5,13H2,(H,32,37)(H,34,38)(H,39,40)/t25-/m0/s1. The first-order valence-corrected chi connectivity index (χ1v) is 13.4. The van der Waals surface area contributed by atoms with E-state index in [1.54, 1.807) is 48.8 Å². The van der Waals surface area contributed by atoms with Gasteiger partial charge in [0.25, 0.3) is 5.91 Å². The van der Waals surface area contributed by atoms with E-state index < -0.39 is 17.9 Å². The number of imidazole rings is 1. The molecule has 0 saturated heterocycles. The molecule has 40 heavy (non-hydrogen) atoms. The van der Waals surface area contributed by atoms with E-state index in [4.69, 9.17) is 4.98 Å². The first kappa shape index (κ1) is 25.4. The van der Waals surface area contributed by atoms with Crippen molar-refractivity contribution >= 4 is 33.8 Å². The van der Waals surface area contributed by atoms with Crippen LogP contribution in [0.15, 0.2) is 65.7 Å². The molecule has 1 fully saturated rings. The maximum absolute atomic E-state index is 13.3. The van der Waals surface area contributed by atoms with E-state index in [-0.39, 0.29) is 23.8 Å². The summed E-state index contributed by atoms with van der Waals surface area (Å²) in [5.74, 6) is -0.881. The molecule has 1 aliphatic rings. The number of nitrogens with one attached hydrogen (secondary N) is 3. The molecule has 5 N–H and O–H groups in total. The van der Waals surface area contributed by atoms with E-state index in [2.05, 4.69) is 19.9 Å². The minimum absolute atomic E-state index is 0.0411. The Hall–Kier alpha value is -4.86. The van der Waals surface area contributed by atoms with Crippen LogP contribution in [0.3, 0.4) is 0 Å². The molecule has 10 heteroatoms. The van der Waals surface area contributed by atoms with Gasteiger partial charge in [-0.05, 0) is 60.9 Å². The number of rotatable bonds is 7. The summed E-state index contributed by atoms with van der Waals surface area (Å²) in [6, 6.07) is 12.4. The Balaban J connectivity index is 1.31. The molecule has 10 nitrogen and oxygen atoms in total. The van der Waals surface area contributed by atoms with Gasteiger partial charge in [0, 0.05) is 53.0 Å². The normalized spacial score (nSPS) is 14.9. The molecule has 0 unspecified atom stereocenters. The maximum Gasteiger partial charge on any atom is 0.326 e. The van der Waals surface area contributed by atoms with Gasteiger partial charge in [0.2, 0.25) is 5.56 Å². The molecule has 2 aromatic carbocycles. The fraction of sp³-hybridized carbons (Fsp3) is 0.267. The summed E-state index contributed by atoms with van der Waals surface area (Å²) < 4.78 is 2.20. The number of amides is 1. The summed E-state index contributed by atoms with van der Waals surface area (Å²) in [7, 11) is 0. The summed E-state index contributed by atoms with van der Waals surface area (Å²) >= 11 is 0. The van der Waals surface area contributed by atoms with Crippen molar-refractivity contribution in [2.75, 3.05) is 0 Å². The summed E-state index contributed by atoms with van der Waals surface area (Å²) in [5, 5.41) is 23.1. The summed E-state index contributed by atoms with van der Waals surface area (Å²) in [6.07, 6.45) is 8.88. The Bertz CT molecular complexity index is 1770. The van der Waals surface area contributed by atoms with E-state index in [0.29, 0.717) is 22.0 Å². The molecule has 3 aromatic heterocycles. The third-order valence-electron chi connectivity index (χ3n) is 7.71. The van der Waals surface area contributed by atoms with Crippen LogP contribution < -0.4 is 10.9 Å². The van der Waals surface area contributed by atoms with Crippen LogP contribution in [-0.4, -0.2) is 47.7 Å². The lowest BCUT2D eigenvalue weighted by molar-refractivity contribution is -0.139. The number of carbonyl (C=O) groups is 2. The Morgan fingerprint density at radius 2 is 1.85 bits per heavy atom. The lowest BCUT2D eigenvalue weighted by Crippen LogP contribution is -2.42. The Morgan fingerprint density at radius 3 is 2.60 bits per heavy atom. The zero-order chi connectivity index (χ0) is 27.8. The van der Waals surface area contributed by atoms with Crippen molar-refractivity contribution in [3.05, 3.63) is 82.4 Å². The molecular weight excluding hydrogens is 510 g/mol. The number of aliphatic carboxylic acids is 1. The van der Waals surface area contributed by atoms with Gasteiger partial charge in [0.1, 0.15) is 17.6 Å². The highest BCUT2D eigenvalue weighted by atomic mass is 16.4. The highest BCUT2D eigenvalue weighted by Gasteiger charge is 2.25. The van der Waals surface area contributed by atoms with Crippen LogP contribution in [0.5, 0.6) is 5.75 Å². The topological polar surface area (TPSA) is 153 Å². The smallest absolute Gasteiger partial charge is 0.326 e. The van der Waals surface area contributed by atoms with Gasteiger partial charge in [0.05, 0.1) is 11.0 Å². The number of hydrogen-bond donors (Lipinski definition) is 5. The van der Waals surface area contributed by atoms with Crippen LogP contribution in [0.25, 0.3) is 33.3 Å². The molecule has 0 aliphatic heterocycles. The van der Waals surface area contributed by atoms with E-state index in [0.717, 1.165) is 48.1 Å². The van der Waals surface area contributed by atoms with Crippen molar-refractivity contribution in [1.82, 2.24) is 24.8 Å². The van der Waals surface area contributed by atoms with Crippen molar-refractivity contribution in [2.45, 2.75) is 50.6 Å². The van der Waals surface area contributed by atoms with Gasteiger partial charge in [-0.3, -0.25) is 9.59 Å². The number of benzene rings is 2.